The Labute approximate surface area is 107 Å². The summed E-state index contributed by atoms with van der Waals surface area (Å²) in [4.78, 5) is 10.5. The molecule has 0 fully saturated rings. The summed E-state index contributed by atoms with van der Waals surface area (Å²) in [5.41, 5.74) is 5.71. The number of nitrogens with two attached hydrogens (primary N) is 1. The predicted molar refractivity (Wildman–Crippen MR) is 76.9 cm³/mol. The van der Waals surface area contributed by atoms with Gasteiger partial charge in [0, 0.05) is 31.5 Å². The van der Waals surface area contributed by atoms with Gasteiger partial charge in [-0.3, -0.25) is 0 Å². The Kier molecular flexibility index (Phi) is 5.34. The van der Waals surface area contributed by atoms with E-state index in [1.807, 2.05) is 31.8 Å². The van der Waals surface area contributed by atoms with E-state index in [-0.39, 0.29) is 0 Å². The molecule has 1 aromatic heterocycles. The van der Waals surface area contributed by atoms with Gasteiger partial charge in [0.05, 0.1) is 0 Å². The third-order valence-corrected chi connectivity index (χ3v) is 3.33. The minimum atomic E-state index is 0.307. The van der Waals surface area contributed by atoms with Crippen LogP contribution in [0.3, 0.4) is 0 Å². The Balaban J connectivity index is 2.88. The van der Waals surface area contributed by atoms with E-state index in [0.717, 1.165) is 23.9 Å². The van der Waals surface area contributed by atoms with Crippen LogP contribution in [0.4, 0.5) is 17.6 Å². The predicted octanol–water partition coefficient (Wildman–Crippen LogP) is 1.68. The average Bonchev–Trinajstić information content (AvgIpc) is 2.28. The second-order valence-electron chi connectivity index (χ2n) is 3.92. The fraction of sp³-hybridized carbons (Fsp3) is 0.636. The fourth-order valence-corrected chi connectivity index (χ4v) is 2.19. The molecule has 17 heavy (non-hydrogen) atoms. The van der Waals surface area contributed by atoms with Crippen molar-refractivity contribution in [1.82, 2.24) is 9.97 Å². The van der Waals surface area contributed by atoms with E-state index in [9.17, 15) is 0 Å². The Morgan fingerprint density at radius 2 is 2.24 bits per heavy atom. The van der Waals surface area contributed by atoms with Gasteiger partial charge in [-0.2, -0.15) is 21.7 Å². The summed E-state index contributed by atoms with van der Waals surface area (Å²) >= 11 is 1.82. The van der Waals surface area contributed by atoms with E-state index in [1.165, 1.54) is 0 Å². The van der Waals surface area contributed by atoms with Crippen molar-refractivity contribution >= 4 is 29.3 Å². The Morgan fingerprint density at radius 3 is 2.82 bits per heavy atom. The molecule has 1 aromatic rings. The molecular formula is C11H21N5S. The molecule has 1 heterocycles. The van der Waals surface area contributed by atoms with Gasteiger partial charge in [-0.05, 0) is 20.1 Å². The summed E-state index contributed by atoms with van der Waals surface area (Å²) in [6.07, 6.45) is 2.10. The van der Waals surface area contributed by atoms with Crippen LogP contribution in [0.2, 0.25) is 0 Å². The maximum absolute atomic E-state index is 5.71. The first-order valence-electron chi connectivity index (χ1n) is 5.68. The van der Waals surface area contributed by atoms with Gasteiger partial charge < -0.3 is 16.0 Å². The fourth-order valence-electron chi connectivity index (χ4n) is 1.48. The van der Waals surface area contributed by atoms with Crippen molar-refractivity contribution in [2.24, 2.45) is 0 Å². The molecule has 0 radical (unpaired) electrons. The smallest absolute Gasteiger partial charge is 0.223 e. The first kappa shape index (κ1) is 13.9. The monoisotopic (exact) mass is 255 g/mol. The number of thioether (sulfide) groups is 1. The van der Waals surface area contributed by atoms with Crippen LogP contribution in [0.25, 0.3) is 0 Å². The van der Waals surface area contributed by atoms with E-state index < -0.39 is 0 Å². The van der Waals surface area contributed by atoms with Crippen LogP contribution in [-0.4, -0.2) is 41.6 Å². The van der Waals surface area contributed by atoms with Crippen molar-refractivity contribution in [3.8, 4) is 0 Å². The maximum Gasteiger partial charge on any atom is 0.223 e. The normalized spacial score (nSPS) is 12.2. The second kappa shape index (κ2) is 6.54. The number of anilines is 3. The summed E-state index contributed by atoms with van der Waals surface area (Å²) in [5, 5.41) is 3.15. The molecule has 6 heteroatoms. The first-order chi connectivity index (χ1) is 8.08. The van der Waals surface area contributed by atoms with E-state index in [0.29, 0.717) is 12.0 Å². The minimum Gasteiger partial charge on any atom is -0.370 e. The second-order valence-corrected chi connectivity index (χ2v) is 4.83. The van der Waals surface area contributed by atoms with Crippen LogP contribution in [0, 0.1) is 0 Å². The summed E-state index contributed by atoms with van der Waals surface area (Å²) in [6, 6.07) is 2.34. The molecule has 3 N–H and O–H groups in total. The first-order valence-corrected chi connectivity index (χ1v) is 7.08. The van der Waals surface area contributed by atoms with Crippen molar-refractivity contribution in [3.05, 3.63) is 6.07 Å². The molecule has 0 spiro atoms. The third-order valence-electron chi connectivity index (χ3n) is 2.52. The highest BCUT2D eigenvalue weighted by Gasteiger charge is 2.12. The highest BCUT2D eigenvalue weighted by molar-refractivity contribution is 7.98. The summed E-state index contributed by atoms with van der Waals surface area (Å²) < 4.78 is 0. The van der Waals surface area contributed by atoms with E-state index in [2.05, 4.69) is 33.4 Å². The minimum absolute atomic E-state index is 0.307. The molecule has 0 saturated heterocycles. The van der Waals surface area contributed by atoms with Gasteiger partial charge in [-0.15, -0.1) is 0 Å². The van der Waals surface area contributed by atoms with Crippen molar-refractivity contribution < 1.29 is 0 Å². The Hall–Kier alpha value is -1.17. The largest absolute Gasteiger partial charge is 0.370 e. The lowest BCUT2D eigenvalue weighted by Crippen LogP contribution is -2.31. The van der Waals surface area contributed by atoms with Crippen LogP contribution < -0.4 is 16.0 Å². The van der Waals surface area contributed by atoms with Crippen LogP contribution in [0.5, 0.6) is 0 Å². The Bertz CT molecular complexity index is 358. The molecule has 0 amide bonds. The molecule has 1 rings (SSSR count). The quantitative estimate of drug-likeness (QED) is 0.806. The van der Waals surface area contributed by atoms with Crippen molar-refractivity contribution in [2.75, 3.05) is 41.6 Å². The summed E-state index contributed by atoms with van der Waals surface area (Å²) in [7, 11) is 2.03. The van der Waals surface area contributed by atoms with E-state index >= 15 is 0 Å². The maximum atomic E-state index is 5.71. The van der Waals surface area contributed by atoms with Crippen LogP contribution >= 0.6 is 11.8 Å². The standard InChI is InChI=1S/C11H21N5S/c1-5-13-9-6-10(15-11(12)14-9)16(3)8(2)7-17-4/h6,8H,5,7H2,1-4H3,(H3,12,13,14,15). The lowest BCUT2D eigenvalue weighted by atomic mass is 10.3. The highest BCUT2D eigenvalue weighted by Crippen LogP contribution is 2.18. The molecule has 0 saturated carbocycles. The number of rotatable bonds is 6. The van der Waals surface area contributed by atoms with Gasteiger partial charge >= 0.3 is 0 Å². The summed E-state index contributed by atoms with van der Waals surface area (Å²) in [5.74, 6) is 2.99. The number of nitrogens with one attached hydrogen (secondary N) is 1. The van der Waals surface area contributed by atoms with Crippen LogP contribution in [0.15, 0.2) is 6.07 Å². The topological polar surface area (TPSA) is 67.1 Å². The molecule has 0 aliphatic carbocycles. The zero-order chi connectivity index (χ0) is 12.8. The molecule has 5 nitrogen and oxygen atoms in total. The Morgan fingerprint density at radius 1 is 1.53 bits per heavy atom. The van der Waals surface area contributed by atoms with Crippen molar-refractivity contribution in [3.63, 3.8) is 0 Å². The number of nitrogens with zero attached hydrogens (tertiary/aromatic N) is 3. The lowest BCUT2D eigenvalue weighted by molar-refractivity contribution is 0.753. The lowest BCUT2D eigenvalue weighted by Gasteiger charge is -2.25. The van der Waals surface area contributed by atoms with Gasteiger partial charge in [0.25, 0.3) is 0 Å². The van der Waals surface area contributed by atoms with Gasteiger partial charge in [0.2, 0.25) is 5.95 Å². The SMILES string of the molecule is CCNc1cc(N(C)C(C)CSC)nc(N)n1. The number of hydrogen-bond acceptors (Lipinski definition) is 6. The molecule has 1 atom stereocenters. The molecule has 1 unspecified atom stereocenters. The highest BCUT2D eigenvalue weighted by atomic mass is 32.2. The van der Waals surface area contributed by atoms with Crippen LogP contribution in [-0.2, 0) is 0 Å². The molecule has 0 aliphatic heterocycles. The third kappa shape index (κ3) is 3.96. The zero-order valence-corrected chi connectivity index (χ0v) is 11.7. The molecule has 96 valence electrons. The molecule has 0 aromatic carbocycles. The number of nitrogen functional groups attached to an aromatic ring is 1. The molecule has 0 bridgehead atoms. The molecule has 0 aliphatic rings. The van der Waals surface area contributed by atoms with Crippen LogP contribution in [0.1, 0.15) is 13.8 Å². The zero-order valence-electron chi connectivity index (χ0n) is 10.9. The van der Waals surface area contributed by atoms with E-state index in [1.54, 1.807) is 0 Å². The van der Waals surface area contributed by atoms with E-state index in [4.69, 9.17) is 5.73 Å². The van der Waals surface area contributed by atoms with Crippen molar-refractivity contribution in [2.45, 2.75) is 19.9 Å². The number of aromatic nitrogens is 2. The van der Waals surface area contributed by atoms with Gasteiger partial charge in [0.15, 0.2) is 0 Å². The van der Waals surface area contributed by atoms with Gasteiger partial charge in [-0.1, -0.05) is 0 Å². The summed E-state index contributed by atoms with van der Waals surface area (Å²) in [6.45, 7) is 5.01. The van der Waals surface area contributed by atoms with Gasteiger partial charge in [-0.25, -0.2) is 0 Å². The van der Waals surface area contributed by atoms with Gasteiger partial charge in [0.1, 0.15) is 11.6 Å². The number of hydrogen-bond donors (Lipinski definition) is 2. The van der Waals surface area contributed by atoms with Crippen molar-refractivity contribution in [1.29, 1.82) is 0 Å². The molecular weight excluding hydrogens is 234 g/mol. The average molecular weight is 255 g/mol.